The predicted molar refractivity (Wildman–Crippen MR) is 70.9 cm³/mol. The molecule has 3 rings (SSSR count). The molecule has 0 N–H and O–H groups in total. The van der Waals surface area contributed by atoms with Crippen molar-refractivity contribution in [3.8, 4) is 0 Å². The largest absolute Gasteiger partial charge is 0.381 e. The number of benzene rings is 1. The van der Waals surface area contributed by atoms with Crippen molar-refractivity contribution in [1.29, 1.82) is 0 Å². The minimum Gasteiger partial charge on any atom is -0.381 e. The molecule has 2 heterocycles. The third-order valence-electron chi connectivity index (χ3n) is 3.94. The predicted octanol–water partition coefficient (Wildman–Crippen LogP) is 2.04. The number of ether oxygens (including phenoxy) is 1. The van der Waals surface area contributed by atoms with Gasteiger partial charge in [-0.15, -0.1) is 0 Å². The zero-order chi connectivity index (χ0) is 12.4. The van der Waals surface area contributed by atoms with Gasteiger partial charge in [-0.3, -0.25) is 4.79 Å². The number of carbonyl (C=O) groups excluding carboxylic acids is 1. The Hall–Kier alpha value is -1.35. The van der Waals surface area contributed by atoms with Crippen LogP contribution in [0.3, 0.4) is 0 Å². The van der Waals surface area contributed by atoms with Crippen molar-refractivity contribution in [2.24, 2.45) is 5.92 Å². The monoisotopic (exact) mass is 245 g/mol. The lowest BCUT2D eigenvalue weighted by molar-refractivity contribution is -0.121. The van der Waals surface area contributed by atoms with Gasteiger partial charge in [-0.2, -0.15) is 0 Å². The molecule has 1 aromatic carbocycles. The van der Waals surface area contributed by atoms with Crippen LogP contribution in [0.4, 0.5) is 5.69 Å². The quantitative estimate of drug-likeness (QED) is 0.816. The molecule has 3 heteroatoms. The fraction of sp³-hybridized carbons (Fsp3) is 0.533. The molecule has 1 atom stereocenters. The molecule has 3 nitrogen and oxygen atoms in total. The maximum atomic E-state index is 12.2. The van der Waals surface area contributed by atoms with Crippen LogP contribution in [-0.2, 0) is 16.0 Å². The van der Waals surface area contributed by atoms with E-state index in [1.54, 1.807) is 0 Å². The van der Waals surface area contributed by atoms with Crippen molar-refractivity contribution in [2.45, 2.75) is 19.3 Å². The number of carbonyl (C=O) groups is 1. The molecule has 2 aliphatic heterocycles. The van der Waals surface area contributed by atoms with Gasteiger partial charge in [-0.1, -0.05) is 18.2 Å². The summed E-state index contributed by atoms with van der Waals surface area (Å²) in [4.78, 5) is 14.4. The molecule has 1 unspecified atom stereocenters. The molecule has 0 bridgehead atoms. The number of para-hydroxylation sites is 1. The van der Waals surface area contributed by atoms with Crippen molar-refractivity contribution in [3.05, 3.63) is 29.8 Å². The zero-order valence-electron chi connectivity index (χ0n) is 10.6. The molecular formula is C15H19NO2. The SMILES string of the molecule is O=C(CN1CCCc2ccccc21)C1CCOC1. The van der Waals surface area contributed by atoms with Crippen LogP contribution in [0, 0.1) is 5.92 Å². The highest BCUT2D eigenvalue weighted by Crippen LogP contribution is 2.27. The highest BCUT2D eigenvalue weighted by atomic mass is 16.5. The molecule has 18 heavy (non-hydrogen) atoms. The maximum Gasteiger partial charge on any atom is 0.157 e. The summed E-state index contributed by atoms with van der Waals surface area (Å²) < 4.78 is 5.30. The topological polar surface area (TPSA) is 29.5 Å². The second kappa shape index (κ2) is 5.11. The Balaban J connectivity index is 1.72. The lowest BCUT2D eigenvalue weighted by atomic mass is 9.99. The summed E-state index contributed by atoms with van der Waals surface area (Å²) in [5, 5.41) is 0. The number of hydrogen-bond acceptors (Lipinski definition) is 3. The zero-order valence-corrected chi connectivity index (χ0v) is 10.6. The van der Waals surface area contributed by atoms with Crippen LogP contribution in [0.1, 0.15) is 18.4 Å². The number of fused-ring (bicyclic) bond motifs is 1. The molecule has 96 valence electrons. The van der Waals surface area contributed by atoms with E-state index in [0.717, 1.165) is 32.4 Å². The van der Waals surface area contributed by atoms with Crippen molar-refractivity contribution < 1.29 is 9.53 Å². The fourth-order valence-electron chi connectivity index (χ4n) is 2.88. The molecule has 0 radical (unpaired) electrons. The Morgan fingerprint density at radius 2 is 2.28 bits per heavy atom. The van der Waals surface area contributed by atoms with Crippen LogP contribution in [0.25, 0.3) is 0 Å². The highest BCUT2D eigenvalue weighted by Gasteiger charge is 2.26. The third-order valence-corrected chi connectivity index (χ3v) is 3.94. The minimum absolute atomic E-state index is 0.124. The van der Waals surface area contributed by atoms with Crippen LogP contribution in [0.2, 0.25) is 0 Å². The van der Waals surface area contributed by atoms with E-state index in [-0.39, 0.29) is 5.92 Å². The summed E-state index contributed by atoms with van der Waals surface area (Å²) in [5.74, 6) is 0.461. The van der Waals surface area contributed by atoms with E-state index in [1.165, 1.54) is 11.3 Å². The molecule has 1 saturated heterocycles. The van der Waals surface area contributed by atoms with Gasteiger partial charge in [0.05, 0.1) is 13.2 Å². The van der Waals surface area contributed by atoms with Gasteiger partial charge in [0.15, 0.2) is 5.78 Å². The number of Topliss-reactive ketones (excluding diaryl/α,β-unsaturated/α-hetero) is 1. The number of aryl methyl sites for hydroxylation is 1. The molecule has 0 aliphatic carbocycles. The third kappa shape index (κ3) is 2.27. The first-order chi connectivity index (χ1) is 8.84. The van der Waals surface area contributed by atoms with Crippen molar-refractivity contribution in [1.82, 2.24) is 0 Å². The molecule has 0 amide bonds. The summed E-state index contributed by atoms with van der Waals surface area (Å²) in [7, 11) is 0. The summed E-state index contributed by atoms with van der Waals surface area (Å²) in [5.41, 5.74) is 2.62. The van der Waals surface area contributed by atoms with Gasteiger partial charge in [-0.25, -0.2) is 0 Å². The maximum absolute atomic E-state index is 12.2. The van der Waals surface area contributed by atoms with Crippen molar-refractivity contribution in [2.75, 3.05) is 31.2 Å². The lowest BCUT2D eigenvalue weighted by Crippen LogP contribution is -2.36. The van der Waals surface area contributed by atoms with Gasteiger partial charge in [0.25, 0.3) is 0 Å². The van der Waals surface area contributed by atoms with Crippen LogP contribution in [-0.4, -0.2) is 32.1 Å². The van der Waals surface area contributed by atoms with Crippen LogP contribution in [0.5, 0.6) is 0 Å². The van der Waals surface area contributed by atoms with Crippen LogP contribution < -0.4 is 4.90 Å². The molecule has 2 aliphatic rings. The van der Waals surface area contributed by atoms with E-state index in [2.05, 4.69) is 29.2 Å². The second-order valence-electron chi connectivity index (χ2n) is 5.18. The first-order valence-electron chi connectivity index (χ1n) is 6.78. The number of anilines is 1. The fourth-order valence-corrected chi connectivity index (χ4v) is 2.88. The molecule has 1 fully saturated rings. The first-order valence-corrected chi connectivity index (χ1v) is 6.78. The van der Waals surface area contributed by atoms with Crippen LogP contribution >= 0.6 is 0 Å². The van der Waals surface area contributed by atoms with E-state index < -0.39 is 0 Å². The smallest absolute Gasteiger partial charge is 0.157 e. The van der Waals surface area contributed by atoms with E-state index in [4.69, 9.17) is 4.74 Å². The Morgan fingerprint density at radius 1 is 1.39 bits per heavy atom. The normalized spacial score (nSPS) is 22.9. The van der Waals surface area contributed by atoms with Gasteiger partial charge in [0.2, 0.25) is 0 Å². The van der Waals surface area contributed by atoms with Crippen LogP contribution in [0.15, 0.2) is 24.3 Å². The van der Waals surface area contributed by atoms with E-state index in [9.17, 15) is 4.79 Å². The summed E-state index contributed by atoms with van der Waals surface area (Å²) >= 11 is 0. The summed E-state index contributed by atoms with van der Waals surface area (Å²) in [6, 6.07) is 8.44. The van der Waals surface area contributed by atoms with Crippen molar-refractivity contribution >= 4 is 11.5 Å². The molecule has 0 spiro atoms. The average molecular weight is 245 g/mol. The van der Waals surface area contributed by atoms with Crippen molar-refractivity contribution in [3.63, 3.8) is 0 Å². The van der Waals surface area contributed by atoms with E-state index in [0.29, 0.717) is 18.9 Å². The molecular weight excluding hydrogens is 226 g/mol. The Labute approximate surface area is 108 Å². The second-order valence-corrected chi connectivity index (χ2v) is 5.18. The number of hydrogen-bond donors (Lipinski definition) is 0. The average Bonchev–Trinajstić information content (AvgIpc) is 2.93. The van der Waals surface area contributed by atoms with E-state index >= 15 is 0 Å². The highest BCUT2D eigenvalue weighted by molar-refractivity contribution is 5.86. The number of nitrogens with zero attached hydrogens (tertiary/aromatic N) is 1. The van der Waals surface area contributed by atoms with Gasteiger partial charge in [0, 0.05) is 24.8 Å². The summed E-state index contributed by atoms with van der Waals surface area (Å²) in [6.07, 6.45) is 3.17. The van der Waals surface area contributed by atoms with Gasteiger partial charge >= 0.3 is 0 Å². The summed E-state index contributed by atoms with van der Waals surface area (Å²) in [6.45, 7) is 2.91. The number of ketones is 1. The molecule has 1 aromatic rings. The Morgan fingerprint density at radius 3 is 3.11 bits per heavy atom. The van der Waals surface area contributed by atoms with Gasteiger partial charge in [0.1, 0.15) is 0 Å². The lowest BCUT2D eigenvalue weighted by Gasteiger charge is -2.31. The Bertz CT molecular complexity index is 438. The Kier molecular flexibility index (Phi) is 3.33. The standard InChI is InChI=1S/C15H19NO2/c17-15(13-7-9-18-11-13)10-16-8-3-5-12-4-1-2-6-14(12)16/h1-2,4,6,13H,3,5,7-11H2. The molecule has 0 aromatic heterocycles. The molecule has 0 saturated carbocycles. The number of rotatable bonds is 3. The van der Waals surface area contributed by atoms with Gasteiger partial charge < -0.3 is 9.64 Å². The van der Waals surface area contributed by atoms with E-state index in [1.807, 2.05) is 0 Å². The first kappa shape index (κ1) is 11.7. The minimum atomic E-state index is 0.124. The van der Waals surface area contributed by atoms with Gasteiger partial charge in [-0.05, 0) is 30.9 Å².